The molecule has 0 saturated heterocycles. The smallest absolute Gasteiger partial charge is 0.250 e. The number of rotatable bonds is 5. The van der Waals surface area contributed by atoms with Crippen molar-refractivity contribution in [3.63, 3.8) is 0 Å². The van der Waals surface area contributed by atoms with Crippen molar-refractivity contribution in [3.8, 4) is 0 Å². The van der Waals surface area contributed by atoms with E-state index in [2.05, 4.69) is 24.7 Å². The van der Waals surface area contributed by atoms with Crippen LogP contribution in [-0.2, 0) is 4.79 Å². The SMILES string of the molecule is CNNC(=O)C(N)CCC(C)C. The molecule has 4 nitrogen and oxygen atoms in total. The number of nitrogens with two attached hydrogens (primary N) is 1. The first kappa shape index (κ1) is 11.4. The van der Waals surface area contributed by atoms with Crippen molar-refractivity contribution in [1.29, 1.82) is 0 Å². The van der Waals surface area contributed by atoms with Gasteiger partial charge >= 0.3 is 0 Å². The highest BCUT2D eigenvalue weighted by Crippen LogP contribution is 2.04. The van der Waals surface area contributed by atoms with Gasteiger partial charge in [-0.2, -0.15) is 0 Å². The predicted molar refractivity (Wildman–Crippen MR) is 49.2 cm³/mol. The molecule has 4 heteroatoms. The van der Waals surface area contributed by atoms with Crippen LogP contribution in [0.2, 0.25) is 0 Å². The van der Waals surface area contributed by atoms with Crippen LogP contribution >= 0.6 is 0 Å². The Balaban J connectivity index is 3.56. The van der Waals surface area contributed by atoms with E-state index in [-0.39, 0.29) is 11.9 Å². The number of carbonyl (C=O) groups excluding carboxylic acids is 1. The quantitative estimate of drug-likeness (QED) is 0.513. The van der Waals surface area contributed by atoms with Gasteiger partial charge in [0, 0.05) is 7.05 Å². The lowest BCUT2D eigenvalue weighted by atomic mass is 10.0. The van der Waals surface area contributed by atoms with Crippen LogP contribution in [0.5, 0.6) is 0 Å². The molecule has 0 spiro atoms. The number of hydrazine groups is 1. The van der Waals surface area contributed by atoms with Gasteiger partial charge in [0.2, 0.25) is 0 Å². The topological polar surface area (TPSA) is 67.1 Å². The second kappa shape index (κ2) is 5.97. The normalized spacial score (nSPS) is 13.1. The molecular weight excluding hydrogens is 154 g/mol. The third-order valence-electron chi connectivity index (χ3n) is 1.64. The van der Waals surface area contributed by atoms with Crippen molar-refractivity contribution < 1.29 is 4.79 Å². The summed E-state index contributed by atoms with van der Waals surface area (Å²) in [6.45, 7) is 4.23. The molecule has 0 aliphatic heterocycles. The molecule has 0 radical (unpaired) electrons. The maximum absolute atomic E-state index is 11.1. The Hall–Kier alpha value is -0.610. The highest BCUT2D eigenvalue weighted by atomic mass is 16.2. The Morgan fingerprint density at radius 3 is 2.42 bits per heavy atom. The molecule has 0 heterocycles. The van der Waals surface area contributed by atoms with Crippen LogP contribution in [0, 0.1) is 5.92 Å². The van der Waals surface area contributed by atoms with E-state index in [0.717, 1.165) is 12.8 Å². The minimum atomic E-state index is -0.389. The summed E-state index contributed by atoms with van der Waals surface area (Å²) in [6, 6.07) is -0.389. The monoisotopic (exact) mass is 173 g/mol. The average molecular weight is 173 g/mol. The number of carbonyl (C=O) groups is 1. The lowest BCUT2D eigenvalue weighted by Crippen LogP contribution is -2.45. The third-order valence-corrected chi connectivity index (χ3v) is 1.64. The summed E-state index contributed by atoms with van der Waals surface area (Å²) >= 11 is 0. The molecule has 0 aliphatic rings. The second-order valence-electron chi connectivity index (χ2n) is 3.32. The predicted octanol–water partition coefficient (Wildman–Crippen LogP) is 0.000500. The minimum absolute atomic E-state index is 0.141. The van der Waals surface area contributed by atoms with E-state index >= 15 is 0 Å². The fraction of sp³-hybridized carbons (Fsp3) is 0.875. The summed E-state index contributed by atoms with van der Waals surface area (Å²) in [5.41, 5.74) is 10.6. The maximum atomic E-state index is 11.1. The third kappa shape index (κ3) is 5.09. The Kier molecular flexibility index (Phi) is 5.66. The molecule has 0 aliphatic carbocycles. The minimum Gasteiger partial charge on any atom is -0.320 e. The van der Waals surface area contributed by atoms with Crippen molar-refractivity contribution >= 4 is 5.91 Å². The Morgan fingerprint density at radius 1 is 1.42 bits per heavy atom. The molecular formula is C8H19N3O. The van der Waals surface area contributed by atoms with Gasteiger partial charge in [-0.05, 0) is 18.8 Å². The van der Waals surface area contributed by atoms with Crippen LogP contribution in [0.25, 0.3) is 0 Å². The summed E-state index contributed by atoms with van der Waals surface area (Å²) in [7, 11) is 1.65. The zero-order valence-electron chi connectivity index (χ0n) is 8.05. The van der Waals surface area contributed by atoms with E-state index in [4.69, 9.17) is 5.73 Å². The summed E-state index contributed by atoms with van der Waals surface area (Å²) in [6.07, 6.45) is 1.73. The van der Waals surface area contributed by atoms with Crippen molar-refractivity contribution in [2.75, 3.05) is 7.05 Å². The van der Waals surface area contributed by atoms with Crippen molar-refractivity contribution in [2.45, 2.75) is 32.7 Å². The molecule has 0 bridgehead atoms. The molecule has 0 aromatic carbocycles. The first-order chi connectivity index (χ1) is 5.57. The number of nitrogens with one attached hydrogen (secondary N) is 2. The van der Waals surface area contributed by atoms with Crippen molar-refractivity contribution in [1.82, 2.24) is 10.9 Å². The molecule has 0 saturated carbocycles. The van der Waals surface area contributed by atoms with E-state index in [0.29, 0.717) is 5.92 Å². The fourth-order valence-corrected chi connectivity index (χ4v) is 0.860. The molecule has 0 aromatic rings. The van der Waals surface area contributed by atoms with Crippen molar-refractivity contribution in [3.05, 3.63) is 0 Å². The summed E-state index contributed by atoms with van der Waals surface area (Å²) in [5.74, 6) is 0.455. The standard InChI is InChI=1S/C8H19N3O/c1-6(2)4-5-7(9)8(12)11-10-3/h6-7,10H,4-5,9H2,1-3H3,(H,11,12). The molecule has 0 rings (SSSR count). The Morgan fingerprint density at radius 2 is 2.00 bits per heavy atom. The van der Waals surface area contributed by atoms with Gasteiger partial charge in [0.1, 0.15) is 0 Å². The molecule has 12 heavy (non-hydrogen) atoms. The van der Waals surface area contributed by atoms with E-state index in [1.807, 2.05) is 0 Å². The van der Waals surface area contributed by atoms with Gasteiger partial charge in [-0.25, -0.2) is 5.43 Å². The fourth-order valence-electron chi connectivity index (χ4n) is 0.860. The van der Waals surface area contributed by atoms with Gasteiger partial charge in [-0.1, -0.05) is 13.8 Å². The Labute approximate surface area is 73.9 Å². The molecule has 1 atom stereocenters. The first-order valence-corrected chi connectivity index (χ1v) is 4.30. The molecule has 1 unspecified atom stereocenters. The van der Waals surface area contributed by atoms with E-state index in [1.54, 1.807) is 7.05 Å². The zero-order valence-corrected chi connectivity index (χ0v) is 8.05. The van der Waals surface area contributed by atoms with Gasteiger partial charge < -0.3 is 5.73 Å². The molecule has 1 amide bonds. The van der Waals surface area contributed by atoms with E-state index in [9.17, 15) is 4.79 Å². The van der Waals surface area contributed by atoms with Crippen molar-refractivity contribution in [2.24, 2.45) is 11.7 Å². The number of hydrogen-bond acceptors (Lipinski definition) is 3. The van der Waals surface area contributed by atoms with Crippen LogP contribution in [0.1, 0.15) is 26.7 Å². The first-order valence-electron chi connectivity index (χ1n) is 4.30. The van der Waals surface area contributed by atoms with Crippen LogP contribution < -0.4 is 16.6 Å². The van der Waals surface area contributed by atoms with E-state index < -0.39 is 0 Å². The molecule has 4 N–H and O–H groups in total. The van der Waals surface area contributed by atoms with Gasteiger partial charge in [0.05, 0.1) is 6.04 Å². The highest BCUT2D eigenvalue weighted by molar-refractivity contribution is 5.80. The lowest BCUT2D eigenvalue weighted by Gasteiger charge is -2.12. The van der Waals surface area contributed by atoms with Crippen LogP contribution in [0.3, 0.4) is 0 Å². The van der Waals surface area contributed by atoms with E-state index in [1.165, 1.54) is 0 Å². The largest absolute Gasteiger partial charge is 0.320 e. The number of amides is 1. The van der Waals surface area contributed by atoms with Gasteiger partial charge in [0.25, 0.3) is 5.91 Å². The maximum Gasteiger partial charge on any atom is 0.250 e. The Bertz CT molecular complexity index is 136. The zero-order chi connectivity index (χ0) is 9.56. The van der Waals surface area contributed by atoms with Crippen LogP contribution in [0.4, 0.5) is 0 Å². The van der Waals surface area contributed by atoms with Gasteiger partial charge in [0.15, 0.2) is 0 Å². The lowest BCUT2D eigenvalue weighted by molar-refractivity contribution is -0.123. The summed E-state index contributed by atoms with van der Waals surface area (Å²) in [4.78, 5) is 11.1. The average Bonchev–Trinajstić information content (AvgIpc) is 2.00. The van der Waals surface area contributed by atoms with Gasteiger partial charge in [-0.3, -0.25) is 10.2 Å². The molecule has 72 valence electrons. The van der Waals surface area contributed by atoms with Crippen LogP contribution in [0.15, 0.2) is 0 Å². The highest BCUT2D eigenvalue weighted by Gasteiger charge is 2.12. The van der Waals surface area contributed by atoms with Gasteiger partial charge in [-0.15, -0.1) is 0 Å². The molecule has 0 fully saturated rings. The summed E-state index contributed by atoms with van der Waals surface area (Å²) in [5, 5.41) is 0. The molecule has 0 aromatic heterocycles. The van der Waals surface area contributed by atoms with Crippen LogP contribution in [-0.4, -0.2) is 19.0 Å². The summed E-state index contributed by atoms with van der Waals surface area (Å²) < 4.78 is 0. The number of hydrogen-bond donors (Lipinski definition) is 3. The second-order valence-corrected chi connectivity index (χ2v) is 3.32.